The molecule has 6 nitrogen and oxygen atoms in total. The van der Waals surface area contributed by atoms with E-state index in [1.807, 2.05) is 42.5 Å². The van der Waals surface area contributed by atoms with Crippen LogP contribution in [0.5, 0.6) is 0 Å². The first kappa shape index (κ1) is 18.9. The lowest BCUT2D eigenvalue weighted by Gasteiger charge is -2.37. The van der Waals surface area contributed by atoms with Crippen LogP contribution in [0, 0.1) is 0 Å². The summed E-state index contributed by atoms with van der Waals surface area (Å²) in [5.41, 5.74) is 3.10. The van der Waals surface area contributed by atoms with E-state index in [0.717, 1.165) is 16.8 Å². The normalized spacial score (nSPS) is 15.6. The maximum absolute atomic E-state index is 13.3. The van der Waals surface area contributed by atoms with Crippen molar-refractivity contribution in [3.05, 3.63) is 89.6 Å². The number of rotatable bonds is 5. The average molecular weight is 389 g/mol. The van der Waals surface area contributed by atoms with E-state index in [1.165, 1.54) is 6.26 Å². The second-order valence-corrected chi connectivity index (χ2v) is 7.23. The molecule has 0 spiro atoms. The Morgan fingerprint density at radius 2 is 1.90 bits per heavy atom. The fourth-order valence-electron chi connectivity index (χ4n) is 3.69. The quantitative estimate of drug-likeness (QED) is 0.673. The van der Waals surface area contributed by atoms with Crippen molar-refractivity contribution < 1.29 is 14.0 Å². The molecular formula is C23H23N3O3. The van der Waals surface area contributed by atoms with Crippen molar-refractivity contribution in [2.75, 3.05) is 13.6 Å². The molecule has 1 aliphatic rings. The summed E-state index contributed by atoms with van der Waals surface area (Å²) < 4.78 is 5.31. The van der Waals surface area contributed by atoms with E-state index < -0.39 is 6.04 Å². The van der Waals surface area contributed by atoms with Crippen LogP contribution in [0.3, 0.4) is 0 Å². The summed E-state index contributed by atoms with van der Waals surface area (Å²) in [6, 6.07) is 16.5. The van der Waals surface area contributed by atoms with Gasteiger partial charge in [0, 0.05) is 44.9 Å². The van der Waals surface area contributed by atoms with Gasteiger partial charge < -0.3 is 14.2 Å². The smallest absolute Gasteiger partial charge is 0.290 e. The predicted octanol–water partition coefficient (Wildman–Crippen LogP) is 2.94. The maximum Gasteiger partial charge on any atom is 0.290 e. The average Bonchev–Trinajstić information content (AvgIpc) is 3.31. The van der Waals surface area contributed by atoms with Gasteiger partial charge in [0.15, 0.2) is 5.76 Å². The van der Waals surface area contributed by atoms with Gasteiger partial charge in [0.05, 0.1) is 6.26 Å². The van der Waals surface area contributed by atoms with E-state index in [9.17, 15) is 9.59 Å². The molecule has 3 heterocycles. The molecule has 0 bridgehead atoms. The Bertz CT molecular complexity index is 986. The van der Waals surface area contributed by atoms with E-state index in [-0.39, 0.29) is 17.6 Å². The lowest BCUT2D eigenvalue weighted by atomic mass is 9.93. The molecule has 0 saturated carbocycles. The van der Waals surface area contributed by atoms with Crippen LogP contribution in [0.4, 0.5) is 0 Å². The largest absolute Gasteiger partial charge is 0.459 e. The summed E-state index contributed by atoms with van der Waals surface area (Å²) in [6.45, 7) is 0.928. The molecule has 3 aromatic rings. The Hall–Kier alpha value is -3.41. The van der Waals surface area contributed by atoms with Gasteiger partial charge in [0.2, 0.25) is 5.91 Å². The molecule has 2 amide bonds. The number of hydrogen-bond acceptors (Lipinski definition) is 4. The number of fused-ring (bicyclic) bond motifs is 1. The van der Waals surface area contributed by atoms with Crippen LogP contribution >= 0.6 is 0 Å². The Balaban J connectivity index is 1.54. The molecule has 6 heteroatoms. The van der Waals surface area contributed by atoms with Crippen molar-refractivity contribution in [1.82, 2.24) is 14.8 Å². The van der Waals surface area contributed by atoms with Gasteiger partial charge in [-0.25, -0.2) is 0 Å². The standard InChI is InChI=1S/C23H23N3O3/c1-25(13-11-19-9-4-5-12-24-19)22(27)20-15-17-7-2-3-8-18(17)16-26(20)23(28)21-10-6-14-29-21/h2-10,12,14,20H,11,13,15-16H2,1H3. The molecule has 0 aliphatic carbocycles. The fourth-order valence-corrected chi connectivity index (χ4v) is 3.69. The number of carbonyl (C=O) groups is 2. The zero-order chi connectivity index (χ0) is 20.2. The minimum atomic E-state index is -0.559. The summed E-state index contributed by atoms with van der Waals surface area (Å²) in [5.74, 6) is -0.0883. The van der Waals surface area contributed by atoms with Crippen LogP contribution < -0.4 is 0 Å². The van der Waals surface area contributed by atoms with E-state index in [4.69, 9.17) is 4.42 Å². The number of nitrogens with zero attached hydrogens (tertiary/aromatic N) is 3. The Labute approximate surface area is 169 Å². The minimum absolute atomic E-state index is 0.0738. The van der Waals surface area contributed by atoms with Gasteiger partial charge in [-0.15, -0.1) is 0 Å². The third kappa shape index (κ3) is 4.06. The minimum Gasteiger partial charge on any atom is -0.459 e. The van der Waals surface area contributed by atoms with E-state index in [2.05, 4.69) is 4.98 Å². The summed E-state index contributed by atoms with van der Waals surface area (Å²) in [7, 11) is 1.78. The van der Waals surface area contributed by atoms with Gasteiger partial charge >= 0.3 is 0 Å². The highest BCUT2D eigenvalue weighted by Gasteiger charge is 2.37. The number of likely N-dealkylation sites (N-methyl/N-ethyl adjacent to an activating group) is 1. The Kier molecular flexibility index (Phi) is 5.42. The molecule has 0 saturated heterocycles. The summed E-state index contributed by atoms with van der Waals surface area (Å²) in [5, 5.41) is 0. The lowest BCUT2D eigenvalue weighted by molar-refractivity contribution is -0.135. The highest BCUT2D eigenvalue weighted by Crippen LogP contribution is 2.26. The van der Waals surface area contributed by atoms with Crippen molar-refractivity contribution >= 4 is 11.8 Å². The van der Waals surface area contributed by atoms with Crippen molar-refractivity contribution in [2.24, 2.45) is 0 Å². The van der Waals surface area contributed by atoms with Gasteiger partial charge in [-0.3, -0.25) is 14.6 Å². The number of pyridine rings is 1. The summed E-state index contributed by atoms with van der Waals surface area (Å²) >= 11 is 0. The summed E-state index contributed by atoms with van der Waals surface area (Å²) in [4.78, 5) is 34.0. The van der Waals surface area contributed by atoms with Gasteiger partial charge in [0.25, 0.3) is 5.91 Å². The lowest BCUT2D eigenvalue weighted by Crippen LogP contribution is -2.53. The Morgan fingerprint density at radius 1 is 1.10 bits per heavy atom. The number of aromatic nitrogens is 1. The first-order valence-electron chi connectivity index (χ1n) is 9.69. The molecule has 0 radical (unpaired) electrons. The van der Waals surface area contributed by atoms with E-state index in [0.29, 0.717) is 25.9 Å². The van der Waals surface area contributed by atoms with Crippen LogP contribution in [-0.2, 0) is 24.2 Å². The molecule has 4 rings (SSSR count). The van der Waals surface area contributed by atoms with Crippen LogP contribution in [0.2, 0.25) is 0 Å². The van der Waals surface area contributed by atoms with E-state index in [1.54, 1.807) is 35.2 Å². The van der Waals surface area contributed by atoms with Crippen LogP contribution in [-0.4, -0.2) is 46.2 Å². The highest BCUT2D eigenvalue weighted by molar-refractivity contribution is 5.96. The SMILES string of the molecule is CN(CCc1ccccn1)C(=O)C1Cc2ccccc2CN1C(=O)c1ccco1. The molecular weight excluding hydrogens is 366 g/mol. The van der Waals surface area contributed by atoms with E-state index >= 15 is 0 Å². The third-order valence-electron chi connectivity index (χ3n) is 5.33. The zero-order valence-corrected chi connectivity index (χ0v) is 16.3. The second kappa shape index (κ2) is 8.31. The monoisotopic (exact) mass is 389 g/mol. The molecule has 0 N–H and O–H groups in total. The van der Waals surface area contributed by atoms with Gasteiger partial charge in [-0.2, -0.15) is 0 Å². The first-order chi connectivity index (χ1) is 14.1. The number of amides is 2. The molecule has 1 atom stereocenters. The number of benzene rings is 1. The van der Waals surface area contributed by atoms with Crippen molar-refractivity contribution in [3.8, 4) is 0 Å². The zero-order valence-electron chi connectivity index (χ0n) is 16.3. The number of hydrogen-bond donors (Lipinski definition) is 0. The van der Waals surface area contributed by atoms with Gasteiger partial charge in [-0.1, -0.05) is 30.3 Å². The van der Waals surface area contributed by atoms with Crippen LogP contribution in [0.15, 0.2) is 71.5 Å². The van der Waals surface area contributed by atoms with Gasteiger partial charge in [-0.05, 0) is 35.4 Å². The molecule has 0 fully saturated rings. The van der Waals surface area contributed by atoms with Crippen LogP contribution in [0.1, 0.15) is 27.4 Å². The molecule has 2 aromatic heterocycles. The van der Waals surface area contributed by atoms with Crippen molar-refractivity contribution in [2.45, 2.75) is 25.4 Å². The highest BCUT2D eigenvalue weighted by atomic mass is 16.3. The topological polar surface area (TPSA) is 66.7 Å². The number of carbonyl (C=O) groups excluding carboxylic acids is 2. The third-order valence-corrected chi connectivity index (χ3v) is 5.33. The number of furan rings is 1. The molecule has 29 heavy (non-hydrogen) atoms. The maximum atomic E-state index is 13.3. The van der Waals surface area contributed by atoms with Crippen molar-refractivity contribution in [3.63, 3.8) is 0 Å². The van der Waals surface area contributed by atoms with Gasteiger partial charge in [0.1, 0.15) is 6.04 Å². The molecule has 1 unspecified atom stereocenters. The summed E-state index contributed by atoms with van der Waals surface area (Å²) in [6.07, 6.45) is 4.38. The van der Waals surface area contributed by atoms with Crippen molar-refractivity contribution in [1.29, 1.82) is 0 Å². The molecule has 1 aliphatic heterocycles. The molecule has 1 aromatic carbocycles. The predicted molar refractivity (Wildman–Crippen MR) is 108 cm³/mol. The molecule has 148 valence electrons. The van der Waals surface area contributed by atoms with Crippen LogP contribution in [0.25, 0.3) is 0 Å². The second-order valence-electron chi connectivity index (χ2n) is 7.23. The fraction of sp³-hybridized carbons (Fsp3) is 0.261. The Morgan fingerprint density at radius 3 is 2.62 bits per heavy atom. The first-order valence-corrected chi connectivity index (χ1v) is 9.69.